The lowest BCUT2D eigenvalue weighted by Gasteiger charge is -2.09. The van der Waals surface area contributed by atoms with Gasteiger partial charge in [-0.15, -0.1) is 0 Å². The Bertz CT molecular complexity index is 1140. The van der Waals surface area contributed by atoms with Crippen molar-refractivity contribution in [2.45, 2.75) is 13.5 Å². The molecule has 0 atom stereocenters. The Labute approximate surface area is 183 Å². The van der Waals surface area contributed by atoms with Crippen LogP contribution < -0.4 is 9.47 Å². The molecule has 31 heavy (non-hydrogen) atoms. The van der Waals surface area contributed by atoms with Crippen molar-refractivity contribution in [3.05, 3.63) is 113 Å². The van der Waals surface area contributed by atoms with Gasteiger partial charge in [0.15, 0.2) is 0 Å². The number of nitriles is 1. The van der Waals surface area contributed by atoms with E-state index in [2.05, 4.69) is 17.5 Å². The summed E-state index contributed by atoms with van der Waals surface area (Å²) in [6.07, 6.45) is 1.80. The maximum Gasteiger partial charge on any atom is 0.212 e. The van der Waals surface area contributed by atoms with Gasteiger partial charge < -0.3 is 9.47 Å². The lowest BCUT2D eigenvalue weighted by Crippen LogP contribution is -1.96. The molecule has 0 fully saturated rings. The van der Waals surface area contributed by atoms with Crippen molar-refractivity contribution in [1.29, 1.82) is 5.26 Å². The number of ether oxygens (including phenoxy) is 2. The molecule has 152 valence electrons. The first kappa shape index (κ1) is 21.4. The van der Waals surface area contributed by atoms with Crippen molar-refractivity contribution < 1.29 is 9.47 Å². The largest absolute Gasteiger partial charge is 0.494 e. The third-order valence-corrected chi connectivity index (χ3v) is 4.66. The average Bonchev–Trinajstić information content (AvgIpc) is 2.83. The number of benzene rings is 3. The van der Waals surface area contributed by atoms with Crippen LogP contribution in [0.15, 0.2) is 79.4 Å². The SMILES string of the molecule is [C-]#[N+]/C(=C(/C#N)c1ccc(OCC)cc1)c1ccc(OCc2ccc(C=C)cc2)cc1. The highest BCUT2D eigenvalue weighted by molar-refractivity contribution is 5.99. The minimum atomic E-state index is 0.304. The van der Waals surface area contributed by atoms with Crippen LogP contribution >= 0.6 is 0 Å². The van der Waals surface area contributed by atoms with E-state index in [1.165, 1.54) is 0 Å². The Kier molecular flexibility index (Phi) is 7.25. The van der Waals surface area contributed by atoms with Crippen LogP contribution in [0.5, 0.6) is 11.5 Å². The monoisotopic (exact) mass is 406 g/mol. The molecular formula is C27H22N2O2. The first-order valence-corrected chi connectivity index (χ1v) is 9.88. The van der Waals surface area contributed by atoms with Gasteiger partial charge in [-0.3, -0.25) is 0 Å². The van der Waals surface area contributed by atoms with Crippen LogP contribution in [-0.4, -0.2) is 6.61 Å². The summed E-state index contributed by atoms with van der Waals surface area (Å²) in [6.45, 7) is 14.3. The summed E-state index contributed by atoms with van der Waals surface area (Å²) < 4.78 is 11.3. The van der Waals surface area contributed by atoms with Crippen molar-refractivity contribution in [2.24, 2.45) is 0 Å². The number of allylic oxidation sites excluding steroid dienone is 1. The Morgan fingerprint density at radius 3 is 2.03 bits per heavy atom. The highest BCUT2D eigenvalue weighted by Crippen LogP contribution is 2.29. The number of nitrogens with zero attached hydrogens (tertiary/aromatic N) is 2. The Morgan fingerprint density at radius 2 is 1.52 bits per heavy atom. The molecule has 3 rings (SSSR count). The lowest BCUT2D eigenvalue weighted by atomic mass is 10.0. The van der Waals surface area contributed by atoms with E-state index in [0.29, 0.717) is 41.4 Å². The van der Waals surface area contributed by atoms with Crippen LogP contribution in [0.3, 0.4) is 0 Å². The van der Waals surface area contributed by atoms with Gasteiger partial charge in [0.25, 0.3) is 0 Å². The van der Waals surface area contributed by atoms with Gasteiger partial charge in [-0.05, 0) is 53.4 Å². The molecule has 0 heterocycles. The van der Waals surface area contributed by atoms with Crippen LogP contribution in [0, 0.1) is 17.9 Å². The van der Waals surface area contributed by atoms with Gasteiger partial charge in [-0.25, -0.2) is 4.85 Å². The first-order chi connectivity index (χ1) is 15.2. The summed E-state index contributed by atoms with van der Waals surface area (Å²) in [5.41, 5.74) is 4.10. The van der Waals surface area contributed by atoms with Crippen LogP contribution in [0.25, 0.3) is 22.2 Å². The molecule has 0 N–H and O–H groups in total. The molecule has 0 saturated carbocycles. The minimum Gasteiger partial charge on any atom is -0.494 e. The molecule has 0 unspecified atom stereocenters. The molecule has 0 aliphatic heterocycles. The van der Waals surface area contributed by atoms with Crippen molar-refractivity contribution in [3.8, 4) is 17.6 Å². The Hall–Kier alpha value is -4.28. The van der Waals surface area contributed by atoms with Crippen LogP contribution in [0.2, 0.25) is 0 Å². The zero-order valence-electron chi connectivity index (χ0n) is 17.3. The second-order valence-electron chi connectivity index (χ2n) is 6.66. The predicted molar refractivity (Wildman–Crippen MR) is 124 cm³/mol. The van der Waals surface area contributed by atoms with Gasteiger partial charge >= 0.3 is 0 Å². The second kappa shape index (κ2) is 10.5. The molecule has 0 saturated heterocycles. The highest BCUT2D eigenvalue weighted by Gasteiger charge is 2.12. The third-order valence-electron chi connectivity index (χ3n) is 4.66. The smallest absolute Gasteiger partial charge is 0.212 e. The van der Waals surface area contributed by atoms with E-state index in [0.717, 1.165) is 16.9 Å². The van der Waals surface area contributed by atoms with Crippen molar-refractivity contribution in [2.75, 3.05) is 6.61 Å². The predicted octanol–water partition coefficient (Wildman–Crippen LogP) is 6.62. The molecule has 0 amide bonds. The van der Waals surface area contributed by atoms with E-state index in [9.17, 15) is 5.26 Å². The summed E-state index contributed by atoms with van der Waals surface area (Å²) in [7, 11) is 0. The summed E-state index contributed by atoms with van der Waals surface area (Å²) in [5, 5.41) is 9.70. The quantitative estimate of drug-likeness (QED) is 0.240. The lowest BCUT2D eigenvalue weighted by molar-refractivity contribution is 0.306. The molecule has 4 heteroatoms. The summed E-state index contributed by atoms with van der Waals surface area (Å²) >= 11 is 0. The van der Waals surface area contributed by atoms with Crippen LogP contribution in [0.4, 0.5) is 0 Å². The molecule has 4 nitrogen and oxygen atoms in total. The number of hydrogen-bond donors (Lipinski definition) is 0. The summed E-state index contributed by atoms with van der Waals surface area (Å²) in [6, 6.07) is 24.6. The van der Waals surface area contributed by atoms with Crippen LogP contribution in [0.1, 0.15) is 29.2 Å². The zero-order chi connectivity index (χ0) is 22.1. The summed E-state index contributed by atoms with van der Waals surface area (Å²) in [5.74, 6) is 1.42. The van der Waals surface area contributed by atoms with Crippen molar-refractivity contribution >= 4 is 17.3 Å². The zero-order valence-corrected chi connectivity index (χ0v) is 17.3. The van der Waals surface area contributed by atoms with E-state index in [1.54, 1.807) is 42.5 Å². The van der Waals surface area contributed by atoms with Crippen LogP contribution in [-0.2, 0) is 6.61 Å². The Balaban J connectivity index is 1.78. The standard InChI is InChI=1S/C27H22N2O2/c1-4-20-6-8-21(9-7-20)19-31-25-16-12-23(13-17-25)27(29-3)26(18-28)22-10-14-24(15-11-22)30-5-2/h4,6-17H,1,5,19H2,2H3/b27-26-. The third kappa shape index (κ3) is 5.41. The summed E-state index contributed by atoms with van der Waals surface area (Å²) in [4.78, 5) is 3.63. The Morgan fingerprint density at radius 1 is 0.935 bits per heavy atom. The minimum absolute atomic E-state index is 0.304. The van der Waals surface area contributed by atoms with Gasteiger partial charge in [0.2, 0.25) is 5.70 Å². The molecule has 3 aromatic carbocycles. The maximum absolute atomic E-state index is 9.70. The maximum atomic E-state index is 9.70. The van der Waals surface area contributed by atoms with E-state index in [1.807, 2.05) is 43.3 Å². The van der Waals surface area contributed by atoms with Gasteiger partial charge in [-0.2, -0.15) is 5.26 Å². The second-order valence-corrected chi connectivity index (χ2v) is 6.66. The van der Waals surface area contributed by atoms with E-state index >= 15 is 0 Å². The average molecular weight is 406 g/mol. The van der Waals surface area contributed by atoms with Crippen molar-refractivity contribution in [3.63, 3.8) is 0 Å². The van der Waals surface area contributed by atoms with Gasteiger partial charge in [0, 0.05) is 0 Å². The molecule has 0 aliphatic rings. The van der Waals surface area contributed by atoms with Gasteiger partial charge in [0.1, 0.15) is 18.1 Å². The molecule has 0 aromatic heterocycles. The van der Waals surface area contributed by atoms with Crippen molar-refractivity contribution in [1.82, 2.24) is 0 Å². The number of hydrogen-bond acceptors (Lipinski definition) is 3. The highest BCUT2D eigenvalue weighted by atomic mass is 16.5. The van der Waals surface area contributed by atoms with E-state index < -0.39 is 0 Å². The molecule has 0 radical (unpaired) electrons. The topological polar surface area (TPSA) is 46.6 Å². The van der Waals surface area contributed by atoms with Gasteiger partial charge in [0.05, 0.1) is 24.8 Å². The fourth-order valence-electron chi connectivity index (χ4n) is 3.03. The molecular weight excluding hydrogens is 384 g/mol. The fourth-order valence-corrected chi connectivity index (χ4v) is 3.03. The molecule has 0 spiro atoms. The first-order valence-electron chi connectivity index (χ1n) is 9.88. The molecule has 0 bridgehead atoms. The molecule has 3 aromatic rings. The van der Waals surface area contributed by atoms with Gasteiger partial charge in [-0.1, -0.05) is 61.2 Å². The normalized spacial score (nSPS) is 10.9. The van der Waals surface area contributed by atoms with E-state index in [-0.39, 0.29) is 0 Å². The van der Waals surface area contributed by atoms with E-state index in [4.69, 9.17) is 16.0 Å². The molecule has 0 aliphatic carbocycles. The fraction of sp³-hybridized carbons (Fsp3) is 0.111. The number of rotatable bonds is 8.